The molecule has 1 aliphatic rings. The summed E-state index contributed by atoms with van der Waals surface area (Å²) in [5.41, 5.74) is 1.43. The SMILES string of the molecule is CC(C(=O)NCCNc1ncnn1C)N1C(=O)c2cccc3cccc1c23. The average molecular weight is 364 g/mol. The maximum Gasteiger partial charge on any atom is 0.259 e. The summed E-state index contributed by atoms with van der Waals surface area (Å²) in [4.78, 5) is 31.1. The van der Waals surface area contributed by atoms with Crippen LogP contribution >= 0.6 is 0 Å². The molecule has 0 aliphatic carbocycles. The van der Waals surface area contributed by atoms with Crippen molar-refractivity contribution < 1.29 is 9.59 Å². The van der Waals surface area contributed by atoms with Crippen LogP contribution in [-0.4, -0.2) is 45.7 Å². The number of anilines is 2. The van der Waals surface area contributed by atoms with Crippen LogP contribution in [0.3, 0.4) is 0 Å². The first kappa shape index (κ1) is 17.0. The van der Waals surface area contributed by atoms with E-state index in [-0.39, 0.29) is 11.8 Å². The Morgan fingerprint density at radius 1 is 1.19 bits per heavy atom. The van der Waals surface area contributed by atoms with E-state index in [1.54, 1.807) is 23.6 Å². The molecule has 0 fully saturated rings. The van der Waals surface area contributed by atoms with E-state index in [0.717, 1.165) is 16.5 Å². The van der Waals surface area contributed by atoms with E-state index < -0.39 is 6.04 Å². The molecule has 1 aromatic heterocycles. The van der Waals surface area contributed by atoms with Crippen LogP contribution in [0.25, 0.3) is 10.8 Å². The van der Waals surface area contributed by atoms with Gasteiger partial charge in [-0.2, -0.15) is 10.1 Å². The summed E-state index contributed by atoms with van der Waals surface area (Å²) in [5, 5.41) is 11.8. The van der Waals surface area contributed by atoms with Gasteiger partial charge in [0.2, 0.25) is 11.9 Å². The zero-order valence-electron chi connectivity index (χ0n) is 15.1. The number of amides is 2. The highest BCUT2D eigenvalue weighted by molar-refractivity contribution is 6.26. The predicted molar refractivity (Wildman–Crippen MR) is 103 cm³/mol. The third-order valence-electron chi connectivity index (χ3n) is 4.78. The first-order valence-corrected chi connectivity index (χ1v) is 8.79. The Morgan fingerprint density at radius 3 is 2.70 bits per heavy atom. The van der Waals surface area contributed by atoms with E-state index >= 15 is 0 Å². The largest absolute Gasteiger partial charge is 0.353 e. The standard InChI is InChI=1S/C19H20N6O2/c1-12(17(26)20-9-10-21-19-22-11-23-24(19)2)25-15-8-4-6-13-5-3-7-14(16(13)15)18(25)27/h3-8,11-12H,9-10H2,1-2H3,(H,20,26)(H,21,22,23). The van der Waals surface area contributed by atoms with Gasteiger partial charge in [0.25, 0.3) is 5.91 Å². The number of rotatable bonds is 6. The lowest BCUT2D eigenvalue weighted by Crippen LogP contribution is -2.47. The molecule has 0 radical (unpaired) electrons. The summed E-state index contributed by atoms with van der Waals surface area (Å²) in [5.74, 6) is 0.295. The Labute approximate surface area is 156 Å². The lowest BCUT2D eigenvalue weighted by molar-refractivity contribution is -0.121. The predicted octanol–water partition coefficient (Wildman–Crippen LogP) is 1.55. The molecule has 0 saturated heterocycles. The van der Waals surface area contributed by atoms with Gasteiger partial charge < -0.3 is 10.6 Å². The summed E-state index contributed by atoms with van der Waals surface area (Å²) in [6, 6.07) is 10.8. The van der Waals surface area contributed by atoms with Crippen molar-refractivity contribution in [1.82, 2.24) is 20.1 Å². The highest BCUT2D eigenvalue weighted by atomic mass is 16.2. The molecular formula is C19H20N6O2. The van der Waals surface area contributed by atoms with E-state index in [1.165, 1.54) is 6.33 Å². The quantitative estimate of drug-likeness (QED) is 0.648. The third kappa shape index (κ3) is 2.88. The van der Waals surface area contributed by atoms with E-state index in [2.05, 4.69) is 20.7 Å². The second-order valence-corrected chi connectivity index (χ2v) is 6.46. The van der Waals surface area contributed by atoms with Crippen LogP contribution in [0.4, 0.5) is 11.6 Å². The Balaban J connectivity index is 1.43. The number of hydrogen-bond acceptors (Lipinski definition) is 5. The molecule has 1 unspecified atom stereocenters. The molecule has 0 saturated carbocycles. The molecular weight excluding hydrogens is 344 g/mol. The van der Waals surface area contributed by atoms with Gasteiger partial charge in [0, 0.05) is 31.1 Å². The molecule has 4 rings (SSSR count). The molecule has 2 heterocycles. The fourth-order valence-corrected chi connectivity index (χ4v) is 3.41. The molecule has 0 bridgehead atoms. The number of nitrogens with zero attached hydrogens (tertiary/aromatic N) is 4. The summed E-state index contributed by atoms with van der Waals surface area (Å²) < 4.78 is 1.62. The van der Waals surface area contributed by atoms with Gasteiger partial charge >= 0.3 is 0 Å². The Kier molecular flexibility index (Phi) is 4.23. The molecule has 2 N–H and O–H groups in total. The number of carbonyl (C=O) groups excluding carboxylic acids is 2. The number of hydrogen-bond donors (Lipinski definition) is 2. The van der Waals surface area contributed by atoms with Crippen molar-refractivity contribution in [1.29, 1.82) is 0 Å². The lowest BCUT2D eigenvalue weighted by Gasteiger charge is -2.24. The van der Waals surface area contributed by atoms with Crippen molar-refractivity contribution in [2.45, 2.75) is 13.0 Å². The molecule has 2 amide bonds. The van der Waals surface area contributed by atoms with Crippen LogP contribution in [0, 0.1) is 0 Å². The minimum atomic E-state index is -0.606. The van der Waals surface area contributed by atoms with E-state index in [1.807, 2.05) is 36.4 Å². The second-order valence-electron chi connectivity index (χ2n) is 6.46. The molecule has 8 nitrogen and oxygen atoms in total. The Bertz CT molecular complexity index is 1020. The molecule has 8 heteroatoms. The average Bonchev–Trinajstić information content (AvgIpc) is 3.21. The second kappa shape index (κ2) is 6.71. The minimum Gasteiger partial charge on any atom is -0.353 e. The molecule has 0 spiro atoms. The smallest absolute Gasteiger partial charge is 0.259 e. The normalized spacial score (nSPS) is 13.9. The van der Waals surface area contributed by atoms with Gasteiger partial charge in [-0.25, -0.2) is 4.68 Å². The zero-order valence-corrected chi connectivity index (χ0v) is 15.1. The van der Waals surface area contributed by atoms with Crippen LogP contribution in [0.2, 0.25) is 0 Å². The molecule has 138 valence electrons. The van der Waals surface area contributed by atoms with Crippen molar-refractivity contribution in [3.8, 4) is 0 Å². The number of benzene rings is 2. The summed E-state index contributed by atoms with van der Waals surface area (Å²) in [7, 11) is 1.78. The van der Waals surface area contributed by atoms with Crippen LogP contribution < -0.4 is 15.5 Å². The van der Waals surface area contributed by atoms with Gasteiger partial charge in [0.15, 0.2) is 0 Å². The van der Waals surface area contributed by atoms with Gasteiger partial charge in [0.05, 0.1) is 5.69 Å². The van der Waals surface area contributed by atoms with Crippen LogP contribution in [0.1, 0.15) is 17.3 Å². The van der Waals surface area contributed by atoms with Crippen molar-refractivity contribution in [3.63, 3.8) is 0 Å². The van der Waals surface area contributed by atoms with Crippen molar-refractivity contribution in [2.24, 2.45) is 7.05 Å². The van der Waals surface area contributed by atoms with Gasteiger partial charge in [-0.3, -0.25) is 14.5 Å². The van der Waals surface area contributed by atoms with Gasteiger partial charge in [-0.05, 0) is 24.4 Å². The maximum absolute atomic E-state index is 12.9. The number of aryl methyl sites for hydroxylation is 1. The third-order valence-corrected chi connectivity index (χ3v) is 4.78. The van der Waals surface area contributed by atoms with E-state index in [4.69, 9.17) is 0 Å². The van der Waals surface area contributed by atoms with Gasteiger partial charge in [-0.15, -0.1) is 0 Å². The Hall–Kier alpha value is -3.42. The molecule has 27 heavy (non-hydrogen) atoms. The number of nitrogens with one attached hydrogen (secondary N) is 2. The van der Waals surface area contributed by atoms with Crippen molar-refractivity contribution in [2.75, 3.05) is 23.3 Å². The van der Waals surface area contributed by atoms with Gasteiger partial charge in [-0.1, -0.05) is 24.3 Å². The molecule has 1 aliphatic heterocycles. The highest BCUT2D eigenvalue weighted by Crippen LogP contribution is 2.38. The van der Waals surface area contributed by atoms with Crippen molar-refractivity contribution in [3.05, 3.63) is 48.3 Å². The lowest BCUT2D eigenvalue weighted by atomic mass is 10.1. The molecule has 2 aromatic carbocycles. The monoisotopic (exact) mass is 364 g/mol. The first-order valence-electron chi connectivity index (χ1n) is 8.79. The number of aromatic nitrogens is 3. The number of carbonyl (C=O) groups is 2. The summed E-state index contributed by atoms with van der Waals surface area (Å²) in [6.45, 7) is 2.66. The zero-order chi connectivity index (χ0) is 19.0. The van der Waals surface area contributed by atoms with Gasteiger partial charge in [0.1, 0.15) is 12.4 Å². The molecule has 1 atom stereocenters. The van der Waals surface area contributed by atoms with E-state index in [9.17, 15) is 9.59 Å². The van der Waals surface area contributed by atoms with Crippen LogP contribution in [0.5, 0.6) is 0 Å². The highest BCUT2D eigenvalue weighted by Gasteiger charge is 2.35. The summed E-state index contributed by atoms with van der Waals surface area (Å²) in [6.07, 6.45) is 1.46. The Morgan fingerprint density at radius 2 is 1.96 bits per heavy atom. The van der Waals surface area contributed by atoms with Crippen LogP contribution in [0.15, 0.2) is 42.7 Å². The minimum absolute atomic E-state index is 0.137. The van der Waals surface area contributed by atoms with Crippen molar-refractivity contribution >= 4 is 34.2 Å². The first-order chi connectivity index (χ1) is 13.1. The van der Waals surface area contributed by atoms with E-state index in [0.29, 0.717) is 24.6 Å². The van der Waals surface area contributed by atoms with Crippen LogP contribution in [-0.2, 0) is 11.8 Å². The maximum atomic E-state index is 12.9. The molecule has 3 aromatic rings. The summed E-state index contributed by atoms with van der Waals surface area (Å²) >= 11 is 0. The fourth-order valence-electron chi connectivity index (χ4n) is 3.41. The topological polar surface area (TPSA) is 92.2 Å². The fraction of sp³-hybridized carbons (Fsp3) is 0.263.